The topological polar surface area (TPSA) is 98.6 Å². The molecule has 3 aromatic rings. The predicted molar refractivity (Wildman–Crippen MR) is 103 cm³/mol. The molecule has 0 radical (unpaired) electrons. The van der Waals surface area contributed by atoms with E-state index in [4.69, 9.17) is 10.5 Å². The molecular formula is C21H18N6O. The Balaban J connectivity index is 2.02. The lowest BCUT2D eigenvalue weighted by Crippen LogP contribution is -2.33. The second kappa shape index (κ2) is 9.11. The van der Waals surface area contributed by atoms with E-state index < -0.39 is 5.91 Å². The van der Waals surface area contributed by atoms with Gasteiger partial charge in [0.05, 0.1) is 30.7 Å². The number of nitrogens with zero attached hydrogens (tertiary/aromatic N) is 6. The van der Waals surface area contributed by atoms with Crippen molar-refractivity contribution >= 4 is 5.91 Å². The second-order valence-electron chi connectivity index (χ2n) is 5.98. The van der Waals surface area contributed by atoms with Crippen LogP contribution in [0.2, 0.25) is 0 Å². The molecule has 28 heavy (non-hydrogen) atoms. The number of hydrogen-bond acceptors (Lipinski definition) is 5. The Morgan fingerprint density at radius 2 is 1.50 bits per heavy atom. The number of aromatic nitrogens is 3. The van der Waals surface area contributed by atoms with Crippen LogP contribution in [0.25, 0.3) is 17.1 Å². The van der Waals surface area contributed by atoms with Crippen LogP contribution in [-0.4, -0.2) is 38.7 Å². The van der Waals surface area contributed by atoms with Crippen LogP contribution in [0.4, 0.5) is 0 Å². The summed E-state index contributed by atoms with van der Waals surface area (Å²) in [6, 6.07) is 23.0. The van der Waals surface area contributed by atoms with E-state index in [1.54, 1.807) is 4.68 Å². The van der Waals surface area contributed by atoms with Crippen LogP contribution in [0.3, 0.4) is 0 Å². The third-order valence-corrected chi connectivity index (χ3v) is 4.11. The van der Waals surface area contributed by atoms with Gasteiger partial charge in [-0.2, -0.15) is 10.5 Å². The Morgan fingerprint density at radius 1 is 0.929 bits per heavy atom. The number of rotatable bonds is 7. The van der Waals surface area contributed by atoms with E-state index in [0.29, 0.717) is 5.82 Å². The minimum absolute atomic E-state index is 0.0404. The lowest BCUT2D eigenvalue weighted by atomic mass is 10.2. The van der Waals surface area contributed by atoms with Gasteiger partial charge in [0.15, 0.2) is 5.82 Å². The van der Waals surface area contributed by atoms with E-state index in [2.05, 4.69) is 10.1 Å². The first kappa shape index (κ1) is 18.8. The van der Waals surface area contributed by atoms with Crippen molar-refractivity contribution in [1.29, 1.82) is 10.5 Å². The van der Waals surface area contributed by atoms with Crippen LogP contribution in [0.5, 0.6) is 0 Å². The zero-order valence-corrected chi connectivity index (χ0v) is 15.2. The molecule has 0 aliphatic rings. The highest BCUT2D eigenvalue weighted by Crippen LogP contribution is 2.21. The molecule has 0 atom stereocenters. The molecule has 2 aromatic carbocycles. The average Bonchev–Trinajstić information content (AvgIpc) is 3.20. The number of hydrogen-bond donors (Lipinski definition) is 0. The van der Waals surface area contributed by atoms with E-state index in [1.807, 2.05) is 72.8 Å². The molecule has 0 spiro atoms. The highest BCUT2D eigenvalue weighted by molar-refractivity contribution is 5.91. The normalized spacial score (nSPS) is 10.1. The SMILES string of the molecule is N#CCCN(CCC#N)C(=O)c1nc(-c2ccccc2)n(-c2ccccc2)n1. The molecule has 1 amide bonds. The lowest BCUT2D eigenvalue weighted by Gasteiger charge is -2.18. The Kier molecular flexibility index (Phi) is 6.12. The number of benzene rings is 2. The minimum Gasteiger partial charge on any atom is -0.334 e. The summed E-state index contributed by atoms with van der Waals surface area (Å²) in [6.45, 7) is 0.467. The van der Waals surface area contributed by atoms with Gasteiger partial charge in [-0.1, -0.05) is 48.5 Å². The zero-order chi connectivity index (χ0) is 19.8. The van der Waals surface area contributed by atoms with E-state index in [1.165, 1.54) is 4.90 Å². The Morgan fingerprint density at radius 3 is 2.07 bits per heavy atom. The highest BCUT2D eigenvalue weighted by atomic mass is 16.2. The van der Waals surface area contributed by atoms with E-state index in [-0.39, 0.29) is 31.8 Å². The van der Waals surface area contributed by atoms with Crippen molar-refractivity contribution in [3.05, 3.63) is 66.5 Å². The maximum atomic E-state index is 13.0. The predicted octanol–water partition coefficient (Wildman–Crippen LogP) is 3.20. The number of carbonyl (C=O) groups is 1. The fraction of sp³-hybridized carbons (Fsp3) is 0.190. The summed E-state index contributed by atoms with van der Waals surface area (Å²) in [4.78, 5) is 18.9. The molecule has 1 heterocycles. The number of para-hydroxylation sites is 1. The largest absolute Gasteiger partial charge is 0.334 e. The molecular weight excluding hydrogens is 352 g/mol. The molecule has 0 N–H and O–H groups in total. The molecule has 138 valence electrons. The summed E-state index contributed by atoms with van der Waals surface area (Å²) < 4.78 is 1.63. The number of nitriles is 2. The molecule has 0 unspecified atom stereocenters. The molecule has 0 aliphatic carbocycles. The summed E-state index contributed by atoms with van der Waals surface area (Å²) >= 11 is 0. The maximum Gasteiger partial charge on any atom is 0.293 e. The van der Waals surface area contributed by atoms with Crippen molar-refractivity contribution < 1.29 is 4.79 Å². The lowest BCUT2D eigenvalue weighted by molar-refractivity contribution is 0.0750. The van der Waals surface area contributed by atoms with Crippen LogP contribution >= 0.6 is 0 Å². The van der Waals surface area contributed by atoms with Crippen LogP contribution < -0.4 is 0 Å². The van der Waals surface area contributed by atoms with Gasteiger partial charge in [0.1, 0.15) is 0 Å². The van der Waals surface area contributed by atoms with Gasteiger partial charge in [0.25, 0.3) is 5.91 Å². The van der Waals surface area contributed by atoms with Gasteiger partial charge in [-0.05, 0) is 12.1 Å². The van der Waals surface area contributed by atoms with Gasteiger partial charge in [0, 0.05) is 18.7 Å². The first-order valence-electron chi connectivity index (χ1n) is 8.85. The third kappa shape index (κ3) is 4.22. The average molecular weight is 370 g/mol. The molecule has 0 saturated carbocycles. The Labute approximate surface area is 163 Å². The molecule has 3 rings (SSSR count). The van der Waals surface area contributed by atoms with Crippen molar-refractivity contribution in [2.75, 3.05) is 13.1 Å². The molecule has 7 heteroatoms. The maximum absolute atomic E-state index is 13.0. The van der Waals surface area contributed by atoms with Crippen LogP contribution in [0.15, 0.2) is 60.7 Å². The van der Waals surface area contributed by atoms with Crippen LogP contribution in [0.1, 0.15) is 23.5 Å². The molecule has 0 bridgehead atoms. The van der Waals surface area contributed by atoms with Gasteiger partial charge in [-0.25, -0.2) is 9.67 Å². The van der Waals surface area contributed by atoms with Gasteiger partial charge >= 0.3 is 0 Å². The minimum atomic E-state index is -0.391. The van der Waals surface area contributed by atoms with E-state index >= 15 is 0 Å². The Bertz CT molecular complexity index is 940. The smallest absolute Gasteiger partial charge is 0.293 e. The van der Waals surface area contributed by atoms with Crippen LogP contribution in [0, 0.1) is 22.7 Å². The summed E-state index contributed by atoms with van der Waals surface area (Å²) in [5.74, 6) is 0.201. The first-order valence-corrected chi connectivity index (χ1v) is 8.85. The first-order chi connectivity index (χ1) is 13.7. The molecule has 7 nitrogen and oxygen atoms in total. The zero-order valence-electron chi connectivity index (χ0n) is 15.2. The molecule has 0 fully saturated rings. The van der Waals surface area contributed by atoms with E-state index in [0.717, 1.165) is 11.3 Å². The molecule has 0 aliphatic heterocycles. The van der Waals surface area contributed by atoms with Crippen molar-refractivity contribution in [2.45, 2.75) is 12.8 Å². The summed E-state index contributed by atoms with van der Waals surface area (Å²) in [5.41, 5.74) is 1.62. The Hall–Kier alpha value is -3.97. The highest BCUT2D eigenvalue weighted by Gasteiger charge is 2.23. The fourth-order valence-electron chi connectivity index (χ4n) is 2.75. The van der Waals surface area contributed by atoms with Gasteiger partial charge in [-0.15, -0.1) is 5.10 Å². The van der Waals surface area contributed by atoms with Crippen molar-refractivity contribution in [3.63, 3.8) is 0 Å². The van der Waals surface area contributed by atoms with Crippen molar-refractivity contribution in [2.24, 2.45) is 0 Å². The van der Waals surface area contributed by atoms with Crippen molar-refractivity contribution in [3.8, 4) is 29.2 Å². The van der Waals surface area contributed by atoms with Gasteiger partial charge < -0.3 is 4.90 Å². The molecule has 0 saturated heterocycles. The second-order valence-corrected chi connectivity index (χ2v) is 5.98. The van der Waals surface area contributed by atoms with Crippen LogP contribution in [-0.2, 0) is 0 Å². The monoisotopic (exact) mass is 370 g/mol. The summed E-state index contributed by atoms with van der Waals surface area (Å²) in [5, 5.41) is 22.1. The summed E-state index contributed by atoms with van der Waals surface area (Å²) in [7, 11) is 0. The van der Waals surface area contributed by atoms with Gasteiger partial charge in [-0.3, -0.25) is 4.79 Å². The number of amides is 1. The van der Waals surface area contributed by atoms with E-state index in [9.17, 15) is 4.79 Å². The fourth-order valence-corrected chi connectivity index (χ4v) is 2.75. The summed E-state index contributed by atoms with van der Waals surface area (Å²) in [6.07, 6.45) is 0.365. The quantitative estimate of drug-likeness (QED) is 0.636. The number of carbonyl (C=O) groups excluding carboxylic acids is 1. The standard InChI is InChI=1S/C21H18N6O/c22-13-7-15-26(16-8-14-23)21(28)19-24-20(17-9-3-1-4-10-17)27(25-19)18-11-5-2-6-12-18/h1-6,9-12H,7-8,15-16H2. The third-order valence-electron chi connectivity index (χ3n) is 4.11. The van der Waals surface area contributed by atoms with Gasteiger partial charge in [0.2, 0.25) is 5.82 Å². The molecule has 1 aromatic heterocycles. The van der Waals surface area contributed by atoms with Crippen molar-refractivity contribution in [1.82, 2.24) is 19.7 Å².